The van der Waals surface area contributed by atoms with Crippen LogP contribution < -0.4 is 5.48 Å². The zero-order valence-corrected chi connectivity index (χ0v) is 27.0. The molecule has 0 aromatic heterocycles. The summed E-state index contributed by atoms with van der Waals surface area (Å²) in [6, 6.07) is 9.90. The number of benzene rings is 1. The molecule has 42 heavy (non-hydrogen) atoms. The Hall–Kier alpha value is -1.98. The molecule has 5 aliphatic rings. The molecule has 2 N–H and O–H groups in total. The fourth-order valence-electron chi connectivity index (χ4n) is 11.3. The molecule has 3 unspecified atom stereocenters. The highest BCUT2D eigenvalue weighted by Crippen LogP contribution is 2.75. The molecule has 5 heteroatoms. The molecule has 1 aromatic rings. The predicted molar refractivity (Wildman–Crippen MR) is 165 cm³/mol. The van der Waals surface area contributed by atoms with Crippen LogP contribution in [-0.2, 0) is 21.0 Å². The van der Waals surface area contributed by atoms with Gasteiger partial charge in [0.1, 0.15) is 0 Å². The Bertz CT molecular complexity index is 1290. The number of nitrogens with one attached hydrogen (secondary N) is 1. The Balaban J connectivity index is 1.30. The molecule has 0 aliphatic heterocycles. The first-order chi connectivity index (χ1) is 19.6. The van der Waals surface area contributed by atoms with Gasteiger partial charge in [-0.25, -0.2) is 5.48 Å². The number of hydroxylamine groups is 1. The van der Waals surface area contributed by atoms with Crippen molar-refractivity contribution < 1.29 is 19.5 Å². The number of aliphatic hydroxyl groups is 1. The first kappa shape index (κ1) is 30.1. The van der Waals surface area contributed by atoms with Crippen LogP contribution in [-0.4, -0.2) is 22.9 Å². The Morgan fingerprint density at radius 3 is 2.33 bits per heavy atom. The fourth-order valence-corrected chi connectivity index (χ4v) is 11.3. The van der Waals surface area contributed by atoms with Gasteiger partial charge in [-0.05, 0) is 108 Å². The van der Waals surface area contributed by atoms with Gasteiger partial charge in [0, 0.05) is 11.3 Å². The van der Waals surface area contributed by atoms with Crippen molar-refractivity contribution in [3.8, 4) is 0 Å². The molecule has 5 aliphatic carbocycles. The number of ketones is 1. The van der Waals surface area contributed by atoms with Crippen molar-refractivity contribution in [2.24, 2.45) is 50.2 Å². The number of hydrogen-bond donors (Lipinski definition) is 2. The van der Waals surface area contributed by atoms with Crippen molar-refractivity contribution in [3.63, 3.8) is 0 Å². The minimum absolute atomic E-state index is 0.0294. The number of hydrogen-bond acceptors (Lipinski definition) is 4. The Labute approximate surface area is 253 Å². The van der Waals surface area contributed by atoms with E-state index in [-0.39, 0.29) is 50.9 Å². The average molecular weight is 576 g/mol. The summed E-state index contributed by atoms with van der Waals surface area (Å²) < 4.78 is 0. The van der Waals surface area contributed by atoms with E-state index < -0.39 is 5.41 Å². The monoisotopic (exact) mass is 575 g/mol. The summed E-state index contributed by atoms with van der Waals surface area (Å²) in [7, 11) is 0. The lowest BCUT2D eigenvalue weighted by molar-refractivity contribution is -0.202. The van der Waals surface area contributed by atoms with E-state index in [0.717, 1.165) is 63.4 Å². The number of carbonyl (C=O) groups excluding carboxylic acids is 2. The van der Waals surface area contributed by atoms with E-state index in [4.69, 9.17) is 4.84 Å². The van der Waals surface area contributed by atoms with Crippen LogP contribution in [0.1, 0.15) is 112 Å². The molecule has 0 saturated heterocycles. The number of aliphatic hydroxyl groups excluding tert-OH is 1. The molecule has 4 fully saturated rings. The van der Waals surface area contributed by atoms with Crippen molar-refractivity contribution in [1.82, 2.24) is 5.48 Å². The minimum atomic E-state index is -0.548. The SMILES string of the molecule is CC1(C)C2CC[C@]3(C)C(C(=O)C=C4C5C[C@@](C)(C(=O)NOCc6ccccc6)CC[C@]5(C)CC[C@]43C)[C@@]2(C)CC[C@@H]1O. The van der Waals surface area contributed by atoms with Gasteiger partial charge in [0.25, 0.3) is 0 Å². The Morgan fingerprint density at radius 1 is 0.929 bits per heavy atom. The van der Waals surface area contributed by atoms with Gasteiger partial charge >= 0.3 is 0 Å². The summed E-state index contributed by atoms with van der Waals surface area (Å²) in [6.45, 7) is 16.5. The molecule has 0 heterocycles. The van der Waals surface area contributed by atoms with Crippen molar-refractivity contribution in [3.05, 3.63) is 47.5 Å². The van der Waals surface area contributed by atoms with Crippen LogP contribution >= 0.6 is 0 Å². The fraction of sp³-hybridized carbons (Fsp3) is 0.730. The molecule has 9 atom stereocenters. The lowest BCUT2D eigenvalue weighted by atomic mass is 9.33. The third-order valence-electron chi connectivity index (χ3n) is 14.3. The number of allylic oxidation sites excluding steroid dienone is 2. The number of amides is 1. The van der Waals surface area contributed by atoms with Gasteiger partial charge in [0.2, 0.25) is 5.91 Å². The maximum Gasteiger partial charge on any atom is 0.249 e. The topological polar surface area (TPSA) is 75.6 Å². The maximum atomic E-state index is 14.5. The molecule has 230 valence electrons. The summed E-state index contributed by atoms with van der Waals surface area (Å²) >= 11 is 0. The van der Waals surface area contributed by atoms with Gasteiger partial charge in [0.15, 0.2) is 5.78 Å². The highest BCUT2D eigenvalue weighted by Gasteiger charge is 2.70. The molecular formula is C37H53NO4. The molecule has 6 rings (SSSR count). The van der Waals surface area contributed by atoms with Crippen LogP contribution in [0, 0.1) is 50.2 Å². The zero-order valence-electron chi connectivity index (χ0n) is 27.0. The van der Waals surface area contributed by atoms with Gasteiger partial charge in [-0.1, -0.05) is 84.4 Å². The van der Waals surface area contributed by atoms with Crippen LogP contribution in [0.25, 0.3) is 0 Å². The van der Waals surface area contributed by atoms with E-state index in [1.807, 2.05) is 30.3 Å². The number of rotatable bonds is 4. The molecule has 4 saturated carbocycles. The van der Waals surface area contributed by atoms with E-state index in [9.17, 15) is 14.7 Å². The van der Waals surface area contributed by atoms with E-state index in [1.165, 1.54) is 5.57 Å². The summed E-state index contributed by atoms with van der Waals surface area (Å²) in [4.78, 5) is 33.8. The number of fused-ring (bicyclic) bond motifs is 7. The quantitative estimate of drug-likeness (QED) is 0.363. The molecule has 1 aromatic carbocycles. The predicted octanol–water partition coefficient (Wildman–Crippen LogP) is 7.58. The van der Waals surface area contributed by atoms with Crippen LogP contribution in [0.15, 0.2) is 42.0 Å². The lowest BCUT2D eigenvalue weighted by Gasteiger charge is -2.70. The normalized spacial score (nSPS) is 45.9. The van der Waals surface area contributed by atoms with Gasteiger partial charge in [0.05, 0.1) is 12.7 Å². The third kappa shape index (κ3) is 4.15. The van der Waals surface area contributed by atoms with Crippen molar-refractivity contribution in [1.29, 1.82) is 0 Å². The first-order valence-electron chi connectivity index (χ1n) is 16.5. The van der Waals surface area contributed by atoms with E-state index in [0.29, 0.717) is 18.3 Å². The minimum Gasteiger partial charge on any atom is -0.393 e. The van der Waals surface area contributed by atoms with E-state index in [2.05, 4.69) is 60.0 Å². The number of carbonyl (C=O) groups is 2. The van der Waals surface area contributed by atoms with E-state index >= 15 is 0 Å². The first-order valence-corrected chi connectivity index (χ1v) is 16.5. The molecule has 1 amide bonds. The van der Waals surface area contributed by atoms with Crippen LogP contribution in [0.2, 0.25) is 0 Å². The highest BCUT2D eigenvalue weighted by molar-refractivity contribution is 5.95. The van der Waals surface area contributed by atoms with Crippen molar-refractivity contribution in [2.75, 3.05) is 0 Å². The summed E-state index contributed by atoms with van der Waals surface area (Å²) in [5.74, 6) is 0.762. The maximum absolute atomic E-state index is 14.5. The van der Waals surface area contributed by atoms with Crippen LogP contribution in [0.4, 0.5) is 0 Å². The Kier molecular flexibility index (Phi) is 6.99. The van der Waals surface area contributed by atoms with E-state index in [1.54, 1.807) is 0 Å². The second kappa shape index (κ2) is 9.76. The second-order valence-corrected chi connectivity index (χ2v) is 16.8. The van der Waals surface area contributed by atoms with Crippen molar-refractivity contribution in [2.45, 2.75) is 119 Å². The molecule has 0 bridgehead atoms. The molecule has 0 radical (unpaired) electrons. The van der Waals surface area contributed by atoms with Crippen molar-refractivity contribution >= 4 is 11.7 Å². The lowest BCUT2D eigenvalue weighted by Crippen LogP contribution is -2.66. The van der Waals surface area contributed by atoms with Gasteiger partial charge in [-0.15, -0.1) is 0 Å². The summed E-state index contributed by atoms with van der Waals surface area (Å²) in [5, 5.41) is 11.0. The van der Waals surface area contributed by atoms with Gasteiger partial charge in [-0.2, -0.15) is 0 Å². The van der Waals surface area contributed by atoms with Gasteiger partial charge in [-0.3, -0.25) is 14.4 Å². The third-order valence-corrected chi connectivity index (χ3v) is 14.3. The standard InChI is InChI=1S/C37H53NO4/c1-32(2)28-13-16-37(7)30(35(28,5)15-14-29(32)40)27(39)21-25-26-22-34(4,18-17-33(26,3)19-20-36(25,37)6)31(41)38-42-23-24-11-9-8-10-12-24/h8-12,21,26,28-30,40H,13-20,22-23H2,1-7H3,(H,38,41)/t26?,28?,29-,30?,33+,34-,35-,36+,37+/m0/s1. The molecule has 5 nitrogen and oxygen atoms in total. The van der Waals surface area contributed by atoms with Crippen LogP contribution in [0.5, 0.6) is 0 Å². The smallest absolute Gasteiger partial charge is 0.249 e. The second-order valence-electron chi connectivity index (χ2n) is 16.8. The highest BCUT2D eigenvalue weighted by atomic mass is 16.6. The van der Waals surface area contributed by atoms with Gasteiger partial charge < -0.3 is 5.11 Å². The summed E-state index contributed by atoms with van der Waals surface area (Å²) in [5.41, 5.74) is 4.17. The zero-order chi connectivity index (χ0) is 30.3. The van der Waals surface area contributed by atoms with Crippen LogP contribution in [0.3, 0.4) is 0 Å². The summed E-state index contributed by atoms with van der Waals surface area (Å²) in [6.07, 6.45) is 10.3. The Morgan fingerprint density at radius 2 is 1.62 bits per heavy atom. The largest absolute Gasteiger partial charge is 0.393 e. The average Bonchev–Trinajstić information content (AvgIpc) is 2.93. The molecule has 0 spiro atoms. The molecular weight excluding hydrogens is 522 g/mol.